The molecule has 1 rings (SSSR count). The predicted octanol–water partition coefficient (Wildman–Crippen LogP) is 1.64. The molecule has 0 fully saturated rings. The lowest BCUT2D eigenvalue weighted by atomic mass is 10.1. The number of halogens is 1. The van der Waals surface area contributed by atoms with E-state index in [9.17, 15) is 9.90 Å². The maximum Gasteiger partial charge on any atom is 0.308 e. The van der Waals surface area contributed by atoms with E-state index in [4.69, 9.17) is 16.7 Å². The maximum absolute atomic E-state index is 10.9. The van der Waals surface area contributed by atoms with Crippen molar-refractivity contribution in [3.05, 3.63) is 28.8 Å². The zero-order chi connectivity index (χ0) is 11.4. The highest BCUT2D eigenvalue weighted by Crippen LogP contribution is 2.28. The minimum Gasteiger partial charge on any atom is -0.508 e. The van der Waals surface area contributed by atoms with Gasteiger partial charge in [0.05, 0.1) is 24.7 Å². The highest BCUT2D eigenvalue weighted by Gasteiger charge is 2.16. The smallest absolute Gasteiger partial charge is 0.308 e. The summed E-state index contributed by atoms with van der Waals surface area (Å²) in [6.07, 6.45) is -1.19. The van der Waals surface area contributed by atoms with Crippen LogP contribution in [0.3, 0.4) is 0 Å². The average molecular weight is 231 g/mol. The second-order valence-corrected chi connectivity index (χ2v) is 3.41. The fourth-order valence-corrected chi connectivity index (χ4v) is 1.44. The van der Waals surface area contributed by atoms with E-state index < -0.39 is 12.1 Å². The number of hydrogen-bond donors (Lipinski definition) is 2. The summed E-state index contributed by atoms with van der Waals surface area (Å²) in [6.45, 7) is 0. The largest absolute Gasteiger partial charge is 0.508 e. The first-order chi connectivity index (χ1) is 7.04. The molecule has 1 aromatic carbocycles. The Balaban J connectivity index is 2.82. The number of phenolic OH excluding ortho intramolecular Hbond substituents is 1. The van der Waals surface area contributed by atoms with Gasteiger partial charge < -0.3 is 14.9 Å². The number of aliphatic hydroxyl groups excluding tert-OH is 1. The van der Waals surface area contributed by atoms with Crippen LogP contribution >= 0.6 is 11.6 Å². The lowest BCUT2D eigenvalue weighted by Gasteiger charge is -2.11. The van der Waals surface area contributed by atoms with Crippen molar-refractivity contribution in [2.75, 3.05) is 7.11 Å². The Hall–Kier alpha value is -1.26. The third-order valence-electron chi connectivity index (χ3n) is 1.93. The molecule has 0 spiro atoms. The zero-order valence-electron chi connectivity index (χ0n) is 8.11. The third-order valence-corrected chi connectivity index (χ3v) is 2.26. The molecule has 0 bridgehead atoms. The van der Waals surface area contributed by atoms with E-state index in [1.807, 2.05) is 0 Å². The first-order valence-electron chi connectivity index (χ1n) is 4.28. The molecule has 5 heteroatoms. The first kappa shape index (κ1) is 11.8. The molecule has 0 aromatic heterocycles. The van der Waals surface area contributed by atoms with Crippen molar-refractivity contribution >= 4 is 17.6 Å². The fourth-order valence-electron chi connectivity index (χ4n) is 1.14. The van der Waals surface area contributed by atoms with Gasteiger partial charge in [-0.1, -0.05) is 17.7 Å². The molecule has 0 amide bonds. The van der Waals surface area contributed by atoms with Gasteiger partial charge in [-0.2, -0.15) is 0 Å². The van der Waals surface area contributed by atoms with Gasteiger partial charge in [-0.25, -0.2) is 0 Å². The highest BCUT2D eigenvalue weighted by molar-refractivity contribution is 6.31. The minimum absolute atomic E-state index is 0.00835. The summed E-state index contributed by atoms with van der Waals surface area (Å²) in [5.74, 6) is -0.513. The summed E-state index contributed by atoms with van der Waals surface area (Å²) in [4.78, 5) is 10.9. The van der Waals surface area contributed by atoms with E-state index in [1.54, 1.807) is 0 Å². The highest BCUT2D eigenvalue weighted by atomic mass is 35.5. The number of rotatable bonds is 3. The van der Waals surface area contributed by atoms with Crippen LogP contribution in [0.5, 0.6) is 5.75 Å². The molecular weight excluding hydrogens is 220 g/mol. The molecule has 0 saturated carbocycles. The molecule has 0 aliphatic rings. The monoisotopic (exact) mass is 230 g/mol. The van der Waals surface area contributed by atoms with Gasteiger partial charge in [0.2, 0.25) is 0 Å². The number of benzene rings is 1. The number of esters is 1. The average Bonchev–Trinajstić information content (AvgIpc) is 2.17. The van der Waals surface area contributed by atoms with Crippen LogP contribution in [-0.4, -0.2) is 23.3 Å². The number of carbonyl (C=O) groups is 1. The summed E-state index contributed by atoms with van der Waals surface area (Å²) in [7, 11) is 1.24. The van der Waals surface area contributed by atoms with Gasteiger partial charge in [-0.15, -0.1) is 0 Å². The molecule has 2 N–H and O–H groups in total. The van der Waals surface area contributed by atoms with E-state index in [-0.39, 0.29) is 17.2 Å². The predicted molar refractivity (Wildman–Crippen MR) is 54.7 cm³/mol. The van der Waals surface area contributed by atoms with Gasteiger partial charge >= 0.3 is 5.97 Å². The molecule has 0 aliphatic heterocycles. The van der Waals surface area contributed by atoms with Crippen LogP contribution in [0.1, 0.15) is 18.1 Å². The SMILES string of the molecule is COC(=O)CC(O)c1ccc(O)cc1Cl. The molecule has 4 nitrogen and oxygen atoms in total. The Morgan fingerprint density at radius 2 is 2.27 bits per heavy atom. The first-order valence-corrected chi connectivity index (χ1v) is 4.65. The van der Waals surface area contributed by atoms with E-state index in [0.717, 1.165) is 0 Å². The number of aromatic hydroxyl groups is 1. The number of aliphatic hydroxyl groups is 1. The number of phenols is 1. The van der Waals surface area contributed by atoms with Crippen molar-refractivity contribution in [1.29, 1.82) is 0 Å². The molecule has 1 unspecified atom stereocenters. The summed E-state index contributed by atoms with van der Waals surface area (Å²) < 4.78 is 4.41. The third kappa shape index (κ3) is 3.11. The molecule has 0 radical (unpaired) electrons. The van der Waals surface area contributed by atoms with Crippen LogP contribution in [0.2, 0.25) is 5.02 Å². The van der Waals surface area contributed by atoms with Crippen LogP contribution in [0.15, 0.2) is 18.2 Å². The van der Waals surface area contributed by atoms with Crippen LogP contribution in [0, 0.1) is 0 Å². The summed E-state index contributed by atoms with van der Waals surface area (Å²) in [6, 6.07) is 4.16. The summed E-state index contributed by atoms with van der Waals surface area (Å²) >= 11 is 5.78. The number of ether oxygens (including phenoxy) is 1. The van der Waals surface area contributed by atoms with Gasteiger partial charge in [0.25, 0.3) is 0 Å². The topological polar surface area (TPSA) is 66.8 Å². The normalized spacial score (nSPS) is 12.2. The van der Waals surface area contributed by atoms with E-state index >= 15 is 0 Å². The zero-order valence-corrected chi connectivity index (χ0v) is 8.86. The second kappa shape index (κ2) is 5.00. The van der Waals surface area contributed by atoms with E-state index in [1.165, 1.54) is 25.3 Å². The lowest BCUT2D eigenvalue weighted by Crippen LogP contribution is -2.08. The van der Waals surface area contributed by atoms with Crippen molar-refractivity contribution < 1.29 is 19.7 Å². The molecule has 15 heavy (non-hydrogen) atoms. The Kier molecular flexibility index (Phi) is 3.94. The van der Waals surface area contributed by atoms with Crippen molar-refractivity contribution in [1.82, 2.24) is 0 Å². The van der Waals surface area contributed by atoms with Crippen molar-refractivity contribution in [2.24, 2.45) is 0 Å². The van der Waals surface area contributed by atoms with Crippen molar-refractivity contribution in [3.8, 4) is 5.75 Å². The van der Waals surface area contributed by atoms with Crippen LogP contribution in [0.4, 0.5) is 0 Å². The van der Waals surface area contributed by atoms with Gasteiger partial charge in [0.1, 0.15) is 5.75 Å². The lowest BCUT2D eigenvalue weighted by molar-refractivity contribution is -0.142. The Morgan fingerprint density at radius 1 is 1.60 bits per heavy atom. The van der Waals surface area contributed by atoms with Crippen LogP contribution in [-0.2, 0) is 9.53 Å². The van der Waals surface area contributed by atoms with Gasteiger partial charge in [0, 0.05) is 0 Å². The number of methoxy groups -OCH3 is 1. The Labute approximate surface area is 92.1 Å². The molecule has 0 saturated heterocycles. The summed E-state index contributed by atoms with van der Waals surface area (Å²) in [5.41, 5.74) is 0.389. The Morgan fingerprint density at radius 3 is 2.80 bits per heavy atom. The standard InChI is InChI=1S/C10H11ClO4/c1-15-10(14)5-9(13)7-3-2-6(12)4-8(7)11/h2-4,9,12-13H,5H2,1H3. The molecule has 0 heterocycles. The van der Waals surface area contributed by atoms with Crippen molar-refractivity contribution in [2.45, 2.75) is 12.5 Å². The van der Waals surface area contributed by atoms with Gasteiger partial charge in [-0.3, -0.25) is 4.79 Å². The fraction of sp³-hybridized carbons (Fsp3) is 0.300. The second-order valence-electron chi connectivity index (χ2n) is 3.00. The molecular formula is C10H11ClO4. The molecule has 82 valence electrons. The van der Waals surface area contributed by atoms with Crippen LogP contribution < -0.4 is 0 Å². The van der Waals surface area contributed by atoms with E-state index in [2.05, 4.69) is 4.74 Å². The van der Waals surface area contributed by atoms with Crippen molar-refractivity contribution in [3.63, 3.8) is 0 Å². The maximum atomic E-state index is 10.9. The molecule has 1 aromatic rings. The summed E-state index contributed by atoms with van der Waals surface area (Å²) in [5, 5.41) is 18.9. The number of carbonyl (C=O) groups excluding carboxylic acids is 1. The minimum atomic E-state index is -1.02. The molecule has 1 atom stereocenters. The van der Waals surface area contributed by atoms with E-state index in [0.29, 0.717) is 5.56 Å². The van der Waals surface area contributed by atoms with Gasteiger partial charge in [-0.05, 0) is 17.7 Å². The quantitative estimate of drug-likeness (QED) is 0.775. The Bertz CT molecular complexity index is 364. The van der Waals surface area contributed by atoms with Gasteiger partial charge in [0.15, 0.2) is 0 Å². The molecule has 0 aliphatic carbocycles. The number of hydrogen-bond acceptors (Lipinski definition) is 4. The van der Waals surface area contributed by atoms with Crippen LogP contribution in [0.25, 0.3) is 0 Å².